The van der Waals surface area contributed by atoms with Crippen LogP contribution in [0, 0.1) is 16.0 Å². The van der Waals surface area contributed by atoms with Crippen LogP contribution in [0.1, 0.15) is 32.6 Å². The van der Waals surface area contributed by atoms with E-state index in [4.69, 9.17) is 0 Å². The number of nitro benzene ring substituents is 1. The van der Waals surface area contributed by atoms with E-state index < -0.39 is 4.92 Å². The minimum atomic E-state index is -0.429. The summed E-state index contributed by atoms with van der Waals surface area (Å²) in [7, 11) is 0. The summed E-state index contributed by atoms with van der Waals surface area (Å²) in [4.78, 5) is 22.0. The Bertz CT molecular complexity index is 533. The van der Waals surface area contributed by atoms with Crippen LogP contribution in [0.2, 0.25) is 0 Å². The first-order valence-corrected chi connectivity index (χ1v) is 8.09. The smallest absolute Gasteiger partial charge is 0.315 e. The maximum absolute atomic E-state index is 11.9. The number of nitrogens with one attached hydrogen (secondary N) is 3. The van der Waals surface area contributed by atoms with Gasteiger partial charge in [0.1, 0.15) is 0 Å². The van der Waals surface area contributed by atoms with Crippen LogP contribution < -0.4 is 16.0 Å². The first-order valence-electron chi connectivity index (χ1n) is 8.09. The molecule has 3 N–H and O–H groups in total. The van der Waals surface area contributed by atoms with Crippen molar-refractivity contribution in [2.24, 2.45) is 5.92 Å². The Balaban J connectivity index is 1.64. The van der Waals surface area contributed by atoms with E-state index in [1.807, 2.05) is 0 Å². The van der Waals surface area contributed by atoms with Crippen LogP contribution in [0.3, 0.4) is 0 Å². The van der Waals surface area contributed by atoms with Gasteiger partial charge in [0, 0.05) is 37.0 Å². The van der Waals surface area contributed by atoms with Crippen molar-refractivity contribution in [3.63, 3.8) is 0 Å². The maximum Gasteiger partial charge on any atom is 0.315 e. The third-order valence-corrected chi connectivity index (χ3v) is 4.25. The summed E-state index contributed by atoms with van der Waals surface area (Å²) in [6.07, 6.45) is 4.65. The highest BCUT2D eigenvalue weighted by atomic mass is 16.6. The minimum Gasteiger partial charge on any atom is -0.383 e. The van der Waals surface area contributed by atoms with Crippen molar-refractivity contribution in [1.82, 2.24) is 10.6 Å². The van der Waals surface area contributed by atoms with Gasteiger partial charge >= 0.3 is 6.03 Å². The number of hydrogen-bond acceptors (Lipinski definition) is 4. The van der Waals surface area contributed by atoms with Gasteiger partial charge in [0.05, 0.1) is 4.92 Å². The predicted molar refractivity (Wildman–Crippen MR) is 89.5 cm³/mol. The number of nitro groups is 1. The minimum absolute atomic E-state index is 0.0645. The van der Waals surface area contributed by atoms with Gasteiger partial charge in [0.15, 0.2) is 0 Å². The molecule has 126 valence electrons. The lowest BCUT2D eigenvalue weighted by Crippen LogP contribution is -2.47. The van der Waals surface area contributed by atoms with E-state index in [9.17, 15) is 14.9 Å². The van der Waals surface area contributed by atoms with Crippen molar-refractivity contribution in [1.29, 1.82) is 0 Å². The highest BCUT2D eigenvalue weighted by Crippen LogP contribution is 2.23. The second-order valence-electron chi connectivity index (χ2n) is 6.00. The average Bonchev–Trinajstić information content (AvgIpc) is 2.54. The summed E-state index contributed by atoms with van der Waals surface area (Å²) >= 11 is 0. The Labute approximate surface area is 136 Å². The maximum atomic E-state index is 11.9. The fraction of sp³-hybridized carbons (Fsp3) is 0.562. The summed E-state index contributed by atoms with van der Waals surface area (Å²) < 4.78 is 0. The molecule has 1 aromatic carbocycles. The van der Waals surface area contributed by atoms with Crippen LogP contribution in [0.15, 0.2) is 24.3 Å². The molecule has 0 saturated heterocycles. The van der Waals surface area contributed by atoms with Gasteiger partial charge in [-0.3, -0.25) is 10.1 Å². The lowest BCUT2D eigenvalue weighted by atomic mass is 9.86. The van der Waals surface area contributed by atoms with Crippen molar-refractivity contribution < 1.29 is 9.72 Å². The molecule has 1 saturated carbocycles. The zero-order valence-corrected chi connectivity index (χ0v) is 13.4. The van der Waals surface area contributed by atoms with Crippen LogP contribution in [-0.4, -0.2) is 30.1 Å². The Morgan fingerprint density at radius 2 is 1.91 bits per heavy atom. The SMILES string of the molecule is C[C@@H]1CCCC[C@H]1NC(=O)NCCNc1ccc([N+](=O)[O-])cc1. The Morgan fingerprint density at radius 3 is 2.57 bits per heavy atom. The molecule has 2 rings (SSSR count). The molecule has 1 aliphatic carbocycles. The van der Waals surface area contributed by atoms with Gasteiger partial charge in [0.2, 0.25) is 0 Å². The molecular formula is C16H24N4O3. The molecule has 2 atom stereocenters. The topological polar surface area (TPSA) is 96.3 Å². The number of benzene rings is 1. The highest BCUT2D eigenvalue weighted by Gasteiger charge is 2.22. The summed E-state index contributed by atoms with van der Waals surface area (Å²) in [5.74, 6) is 0.535. The van der Waals surface area contributed by atoms with E-state index in [2.05, 4.69) is 22.9 Å². The molecular weight excluding hydrogens is 296 g/mol. The van der Waals surface area contributed by atoms with Gasteiger partial charge in [-0.15, -0.1) is 0 Å². The molecule has 1 aromatic rings. The predicted octanol–water partition coefficient (Wildman–Crippen LogP) is 2.88. The molecule has 0 spiro atoms. The van der Waals surface area contributed by atoms with Crippen molar-refractivity contribution in [2.75, 3.05) is 18.4 Å². The zero-order valence-electron chi connectivity index (χ0n) is 13.4. The first kappa shape index (κ1) is 17.1. The molecule has 2 amide bonds. The normalized spacial score (nSPS) is 20.6. The largest absolute Gasteiger partial charge is 0.383 e. The van der Waals surface area contributed by atoms with Gasteiger partial charge in [0.25, 0.3) is 5.69 Å². The molecule has 1 fully saturated rings. The average molecular weight is 320 g/mol. The van der Waals surface area contributed by atoms with E-state index in [-0.39, 0.29) is 17.8 Å². The monoisotopic (exact) mass is 320 g/mol. The molecule has 0 aromatic heterocycles. The quantitative estimate of drug-likeness (QED) is 0.426. The molecule has 0 bridgehead atoms. The number of urea groups is 1. The number of rotatable bonds is 6. The van der Waals surface area contributed by atoms with Gasteiger partial charge in [-0.2, -0.15) is 0 Å². The molecule has 23 heavy (non-hydrogen) atoms. The van der Waals surface area contributed by atoms with Gasteiger partial charge in [-0.25, -0.2) is 4.79 Å². The fourth-order valence-corrected chi connectivity index (χ4v) is 2.83. The number of hydrogen-bond donors (Lipinski definition) is 3. The van der Waals surface area contributed by atoms with Crippen LogP contribution in [0.5, 0.6) is 0 Å². The van der Waals surface area contributed by atoms with E-state index in [0.717, 1.165) is 12.1 Å². The molecule has 0 aliphatic heterocycles. The molecule has 1 aliphatic rings. The summed E-state index contributed by atoms with van der Waals surface area (Å²) in [6, 6.07) is 6.35. The number of amides is 2. The summed E-state index contributed by atoms with van der Waals surface area (Å²) in [5, 5.41) is 19.5. The van der Waals surface area contributed by atoms with Gasteiger partial charge < -0.3 is 16.0 Å². The third-order valence-electron chi connectivity index (χ3n) is 4.25. The Morgan fingerprint density at radius 1 is 1.22 bits per heavy atom. The number of nitrogens with zero attached hydrogens (tertiary/aromatic N) is 1. The first-order chi connectivity index (χ1) is 11.1. The van der Waals surface area contributed by atoms with Crippen molar-refractivity contribution in [2.45, 2.75) is 38.6 Å². The summed E-state index contributed by atoms with van der Waals surface area (Å²) in [5.41, 5.74) is 0.855. The van der Waals surface area contributed by atoms with Crippen LogP contribution in [0.4, 0.5) is 16.2 Å². The third kappa shape index (κ3) is 5.43. The van der Waals surface area contributed by atoms with E-state index in [1.54, 1.807) is 12.1 Å². The fourth-order valence-electron chi connectivity index (χ4n) is 2.83. The molecule has 0 heterocycles. The van der Waals surface area contributed by atoms with Gasteiger partial charge in [-0.1, -0.05) is 19.8 Å². The van der Waals surface area contributed by atoms with Gasteiger partial charge in [-0.05, 0) is 30.9 Å². The Kier molecular flexibility index (Phi) is 6.19. The molecule has 0 unspecified atom stereocenters. The highest BCUT2D eigenvalue weighted by molar-refractivity contribution is 5.74. The van der Waals surface area contributed by atoms with Crippen molar-refractivity contribution >= 4 is 17.4 Å². The van der Waals surface area contributed by atoms with Crippen LogP contribution >= 0.6 is 0 Å². The van der Waals surface area contributed by atoms with Crippen molar-refractivity contribution in [3.8, 4) is 0 Å². The molecule has 7 nitrogen and oxygen atoms in total. The molecule has 0 radical (unpaired) electrons. The number of carbonyl (C=O) groups is 1. The zero-order chi connectivity index (χ0) is 16.7. The van der Waals surface area contributed by atoms with Crippen LogP contribution in [-0.2, 0) is 0 Å². The number of carbonyl (C=O) groups excluding carboxylic acids is 1. The number of anilines is 1. The lowest BCUT2D eigenvalue weighted by Gasteiger charge is -2.29. The second kappa shape index (κ2) is 8.36. The van der Waals surface area contributed by atoms with E-state index >= 15 is 0 Å². The van der Waals surface area contributed by atoms with E-state index in [0.29, 0.717) is 19.0 Å². The van der Waals surface area contributed by atoms with Crippen molar-refractivity contribution in [3.05, 3.63) is 34.4 Å². The van der Waals surface area contributed by atoms with Crippen LogP contribution in [0.25, 0.3) is 0 Å². The Hall–Kier alpha value is -2.31. The molecule has 7 heteroatoms. The second-order valence-corrected chi connectivity index (χ2v) is 6.00. The lowest BCUT2D eigenvalue weighted by molar-refractivity contribution is -0.384. The number of non-ortho nitro benzene ring substituents is 1. The standard InChI is InChI=1S/C16H24N4O3/c1-12-4-2-3-5-15(12)19-16(21)18-11-10-17-13-6-8-14(9-7-13)20(22)23/h6-9,12,15,17H,2-5,10-11H2,1H3,(H2,18,19,21)/t12-,15-/m1/s1. The van der Waals surface area contributed by atoms with E-state index in [1.165, 1.54) is 31.4 Å². The summed E-state index contributed by atoms with van der Waals surface area (Å²) in [6.45, 7) is 3.23.